The summed E-state index contributed by atoms with van der Waals surface area (Å²) in [7, 11) is 0. The molecule has 0 bridgehead atoms. The molecule has 0 saturated heterocycles. The van der Waals surface area contributed by atoms with Crippen LogP contribution in [-0.4, -0.2) is 18.8 Å². The lowest BCUT2D eigenvalue weighted by Gasteiger charge is -2.11. The number of amides is 1. The molecule has 3 aromatic carbocycles. The molecule has 0 saturated carbocycles. The maximum absolute atomic E-state index is 12.1. The molecule has 0 fully saturated rings. The highest BCUT2D eigenvalue weighted by Gasteiger charge is 2.06. The minimum absolute atomic E-state index is 0.155. The molecule has 3 rings (SSSR count). The smallest absolute Gasteiger partial charge is 0.411 e. The first kappa shape index (κ1) is 17.8. The third-order valence-electron chi connectivity index (χ3n) is 3.95. The van der Waals surface area contributed by atoms with Crippen LogP contribution in [0.4, 0.5) is 10.5 Å². The molecule has 4 nitrogen and oxygen atoms in total. The second kappa shape index (κ2) is 8.39. The monoisotopic (exact) mass is 349 g/mol. The number of fused-ring (bicyclic) bond motifs is 1. The van der Waals surface area contributed by atoms with Gasteiger partial charge in [0.05, 0.1) is 18.4 Å². The Morgan fingerprint density at radius 1 is 0.962 bits per heavy atom. The first-order chi connectivity index (χ1) is 12.6. The number of hydrogen-bond acceptors (Lipinski definition) is 3. The van der Waals surface area contributed by atoms with Crippen LogP contribution in [0.5, 0.6) is 5.75 Å². The highest BCUT2D eigenvalue weighted by atomic mass is 16.5. The van der Waals surface area contributed by atoms with Gasteiger partial charge in [-0.05, 0) is 43.0 Å². The lowest BCUT2D eigenvalue weighted by atomic mass is 10.1. The SMILES string of the molecule is CC(C)Oc1ccc(CCOC(=O)Nc2cccc3ccccc23)cc1. The van der Waals surface area contributed by atoms with Gasteiger partial charge in [-0.1, -0.05) is 48.5 Å². The molecule has 1 amide bonds. The van der Waals surface area contributed by atoms with Crippen LogP contribution in [-0.2, 0) is 11.2 Å². The summed E-state index contributed by atoms with van der Waals surface area (Å²) in [6.45, 7) is 4.31. The third-order valence-corrected chi connectivity index (χ3v) is 3.95. The average molecular weight is 349 g/mol. The summed E-state index contributed by atoms with van der Waals surface area (Å²) >= 11 is 0. The number of carbonyl (C=O) groups excluding carboxylic acids is 1. The first-order valence-electron chi connectivity index (χ1n) is 8.79. The molecule has 1 N–H and O–H groups in total. The molecule has 0 radical (unpaired) electrons. The fourth-order valence-corrected chi connectivity index (χ4v) is 2.75. The summed E-state index contributed by atoms with van der Waals surface area (Å²) < 4.78 is 10.9. The van der Waals surface area contributed by atoms with E-state index >= 15 is 0 Å². The Balaban J connectivity index is 1.51. The van der Waals surface area contributed by atoms with Crippen molar-refractivity contribution >= 4 is 22.6 Å². The lowest BCUT2D eigenvalue weighted by Crippen LogP contribution is -2.15. The van der Waals surface area contributed by atoms with E-state index in [9.17, 15) is 4.79 Å². The summed E-state index contributed by atoms with van der Waals surface area (Å²) in [5.41, 5.74) is 1.85. The van der Waals surface area contributed by atoms with Gasteiger partial charge in [-0.15, -0.1) is 0 Å². The van der Waals surface area contributed by atoms with Gasteiger partial charge in [-0.3, -0.25) is 5.32 Å². The van der Waals surface area contributed by atoms with Crippen LogP contribution in [0.25, 0.3) is 10.8 Å². The van der Waals surface area contributed by atoms with E-state index in [0.29, 0.717) is 13.0 Å². The minimum atomic E-state index is -0.443. The van der Waals surface area contributed by atoms with Gasteiger partial charge in [0, 0.05) is 11.8 Å². The van der Waals surface area contributed by atoms with Crippen LogP contribution >= 0.6 is 0 Å². The van der Waals surface area contributed by atoms with E-state index in [1.807, 2.05) is 80.6 Å². The molecule has 0 aromatic heterocycles. The molecule has 0 heterocycles. The van der Waals surface area contributed by atoms with Crippen LogP contribution in [0.15, 0.2) is 66.7 Å². The predicted molar refractivity (Wildman–Crippen MR) is 105 cm³/mol. The Labute approximate surface area is 153 Å². The fraction of sp³-hybridized carbons (Fsp3) is 0.227. The Morgan fingerprint density at radius 2 is 1.69 bits per heavy atom. The maximum atomic E-state index is 12.1. The van der Waals surface area contributed by atoms with Gasteiger partial charge in [0.25, 0.3) is 0 Å². The molecule has 3 aromatic rings. The van der Waals surface area contributed by atoms with Crippen molar-refractivity contribution in [1.82, 2.24) is 0 Å². The Bertz CT molecular complexity index is 867. The molecule has 4 heteroatoms. The van der Waals surface area contributed by atoms with Crippen molar-refractivity contribution in [3.8, 4) is 5.75 Å². The standard InChI is InChI=1S/C22H23NO3/c1-16(2)26-19-12-10-17(11-13-19)14-15-25-22(24)23-21-9-5-7-18-6-3-4-8-20(18)21/h3-13,16H,14-15H2,1-2H3,(H,23,24). The molecule has 0 unspecified atom stereocenters. The fourth-order valence-electron chi connectivity index (χ4n) is 2.75. The zero-order valence-electron chi connectivity index (χ0n) is 15.1. The van der Waals surface area contributed by atoms with Crippen molar-refractivity contribution in [3.63, 3.8) is 0 Å². The van der Waals surface area contributed by atoms with E-state index in [1.54, 1.807) is 0 Å². The molecule has 26 heavy (non-hydrogen) atoms. The molecule has 134 valence electrons. The summed E-state index contributed by atoms with van der Waals surface area (Å²) in [6.07, 6.45) is 0.369. The van der Waals surface area contributed by atoms with Crippen LogP contribution in [0, 0.1) is 0 Å². The van der Waals surface area contributed by atoms with E-state index in [-0.39, 0.29) is 6.10 Å². The Hall–Kier alpha value is -3.01. The van der Waals surface area contributed by atoms with Crippen LogP contribution in [0.2, 0.25) is 0 Å². The average Bonchev–Trinajstić information content (AvgIpc) is 2.63. The van der Waals surface area contributed by atoms with Crippen LogP contribution < -0.4 is 10.1 Å². The number of ether oxygens (including phenoxy) is 2. The summed E-state index contributed by atoms with van der Waals surface area (Å²) in [5.74, 6) is 0.846. The van der Waals surface area contributed by atoms with E-state index in [4.69, 9.17) is 9.47 Å². The van der Waals surface area contributed by atoms with Crippen molar-refractivity contribution in [2.75, 3.05) is 11.9 Å². The second-order valence-corrected chi connectivity index (χ2v) is 6.35. The minimum Gasteiger partial charge on any atom is -0.491 e. The molecular weight excluding hydrogens is 326 g/mol. The number of nitrogens with one attached hydrogen (secondary N) is 1. The normalized spacial score (nSPS) is 10.7. The number of hydrogen-bond donors (Lipinski definition) is 1. The van der Waals surface area contributed by atoms with Crippen LogP contribution in [0.3, 0.4) is 0 Å². The molecule has 0 aliphatic heterocycles. The predicted octanol–water partition coefficient (Wildman–Crippen LogP) is 5.42. The van der Waals surface area contributed by atoms with E-state index in [2.05, 4.69) is 5.32 Å². The highest BCUT2D eigenvalue weighted by Crippen LogP contribution is 2.23. The topological polar surface area (TPSA) is 47.6 Å². The Kier molecular flexibility index (Phi) is 5.74. The van der Waals surface area contributed by atoms with Crippen LogP contribution in [0.1, 0.15) is 19.4 Å². The number of carbonyl (C=O) groups is 1. The third kappa shape index (κ3) is 4.76. The van der Waals surface area contributed by atoms with E-state index in [0.717, 1.165) is 27.8 Å². The molecular formula is C22H23NO3. The largest absolute Gasteiger partial charge is 0.491 e. The van der Waals surface area contributed by atoms with Crippen molar-refractivity contribution < 1.29 is 14.3 Å². The van der Waals surface area contributed by atoms with Gasteiger partial charge >= 0.3 is 6.09 Å². The first-order valence-corrected chi connectivity index (χ1v) is 8.79. The number of anilines is 1. The van der Waals surface area contributed by atoms with Gasteiger partial charge in [-0.2, -0.15) is 0 Å². The molecule has 0 aliphatic rings. The van der Waals surface area contributed by atoms with Crippen molar-refractivity contribution in [1.29, 1.82) is 0 Å². The summed E-state index contributed by atoms with van der Waals surface area (Å²) in [5, 5.41) is 4.89. The maximum Gasteiger partial charge on any atom is 0.411 e. The quantitative estimate of drug-likeness (QED) is 0.646. The molecule has 0 aliphatic carbocycles. The second-order valence-electron chi connectivity index (χ2n) is 6.35. The van der Waals surface area contributed by atoms with E-state index in [1.165, 1.54) is 0 Å². The molecule has 0 spiro atoms. The van der Waals surface area contributed by atoms with Crippen molar-refractivity contribution in [2.24, 2.45) is 0 Å². The number of rotatable bonds is 6. The zero-order valence-corrected chi connectivity index (χ0v) is 15.1. The van der Waals surface area contributed by atoms with Crippen molar-refractivity contribution in [2.45, 2.75) is 26.4 Å². The highest BCUT2D eigenvalue weighted by molar-refractivity contribution is 6.00. The molecule has 0 atom stereocenters. The lowest BCUT2D eigenvalue weighted by molar-refractivity contribution is 0.163. The van der Waals surface area contributed by atoms with Gasteiger partial charge in [0.2, 0.25) is 0 Å². The van der Waals surface area contributed by atoms with Gasteiger partial charge in [0.15, 0.2) is 0 Å². The summed E-state index contributed by atoms with van der Waals surface area (Å²) in [6, 6.07) is 21.6. The number of benzene rings is 3. The Morgan fingerprint density at radius 3 is 2.46 bits per heavy atom. The van der Waals surface area contributed by atoms with Gasteiger partial charge < -0.3 is 9.47 Å². The van der Waals surface area contributed by atoms with Gasteiger partial charge in [0.1, 0.15) is 5.75 Å². The zero-order chi connectivity index (χ0) is 18.4. The van der Waals surface area contributed by atoms with Gasteiger partial charge in [-0.25, -0.2) is 4.79 Å². The summed E-state index contributed by atoms with van der Waals surface area (Å²) in [4.78, 5) is 12.1. The van der Waals surface area contributed by atoms with E-state index < -0.39 is 6.09 Å². The van der Waals surface area contributed by atoms with Crippen molar-refractivity contribution in [3.05, 3.63) is 72.3 Å².